The van der Waals surface area contributed by atoms with Gasteiger partial charge in [0.2, 0.25) is 17.7 Å². The maximum absolute atomic E-state index is 13.4. The van der Waals surface area contributed by atoms with Gasteiger partial charge in [-0.2, -0.15) is 0 Å². The molecule has 0 aliphatic carbocycles. The number of nitro groups is 1. The second kappa shape index (κ2) is 19.9. The number of amides is 7. The van der Waals surface area contributed by atoms with Gasteiger partial charge in [0.15, 0.2) is 0 Å². The molecule has 0 fully saturated rings. The number of non-ortho nitro benzene ring substituents is 1. The van der Waals surface area contributed by atoms with Crippen molar-refractivity contribution in [2.24, 2.45) is 11.7 Å². The summed E-state index contributed by atoms with van der Waals surface area (Å²) in [5.74, 6) is -3.10. The van der Waals surface area contributed by atoms with Gasteiger partial charge in [0, 0.05) is 54.9 Å². The summed E-state index contributed by atoms with van der Waals surface area (Å²) in [6, 6.07) is 6.94. The van der Waals surface area contributed by atoms with Crippen molar-refractivity contribution in [1.29, 1.82) is 0 Å². The van der Waals surface area contributed by atoms with Crippen LogP contribution in [0.3, 0.4) is 0 Å². The fourth-order valence-electron chi connectivity index (χ4n) is 5.07. The van der Waals surface area contributed by atoms with Gasteiger partial charge in [-0.15, -0.1) is 0 Å². The molecule has 3 rings (SSSR count). The Kier molecular flexibility index (Phi) is 15.4. The number of hydrogen-bond acceptors (Lipinski definition) is 11. The Morgan fingerprint density at radius 3 is 2.25 bits per heavy atom. The third-order valence-corrected chi connectivity index (χ3v) is 7.77. The number of carbonyl (C=O) groups excluding carboxylic acids is 6. The first-order chi connectivity index (χ1) is 25.1. The lowest BCUT2D eigenvalue weighted by atomic mass is 10.0. The summed E-state index contributed by atoms with van der Waals surface area (Å²) in [5.41, 5.74) is 6.06. The highest BCUT2D eigenvalue weighted by molar-refractivity contribution is 6.12. The summed E-state index contributed by atoms with van der Waals surface area (Å²) >= 11 is 0. The Morgan fingerprint density at radius 1 is 0.962 bits per heavy atom. The summed E-state index contributed by atoms with van der Waals surface area (Å²) in [4.78, 5) is 96.7. The van der Waals surface area contributed by atoms with Crippen LogP contribution in [-0.4, -0.2) is 95.0 Å². The number of anilines is 1. The van der Waals surface area contributed by atoms with Crippen LogP contribution in [0.25, 0.3) is 0 Å². The van der Waals surface area contributed by atoms with Crippen molar-refractivity contribution in [1.82, 2.24) is 20.9 Å². The van der Waals surface area contributed by atoms with Gasteiger partial charge in [0.05, 0.1) is 24.7 Å². The Hall–Kier alpha value is -6.37. The van der Waals surface area contributed by atoms with Crippen LogP contribution < -0.4 is 31.7 Å². The molecule has 7 amide bonds. The Labute approximate surface area is 303 Å². The largest absolute Gasteiger partial charge is 0.511 e. The van der Waals surface area contributed by atoms with Gasteiger partial charge < -0.3 is 41.6 Å². The van der Waals surface area contributed by atoms with Gasteiger partial charge in [-0.25, -0.2) is 9.59 Å². The summed E-state index contributed by atoms with van der Waals surface area (Å²) in [5, 5.41) is 30.8. The molecule has 53 heavy (non-hydrogen) atoms. The maximum Gasteiger partial charge on any atom is 0.511 e. The minimum Gasteiger partial charge on any atom is -0.449 e. The SMILES string of the molecule is CC(C)[C@H](NC(=O)CCOCCN1C(=O)C=CC1=O)C(=O)N[C@@H](CCCNC(N)=O)C(=O)Nc1ccc(Cc2cc([N+](=O)[O-])ccc2OC(=O)O)cc1. The second-order valence-corrected chi connectivity index (χ2v) is 12.1. The first-order valence-corrected chi connectivity index (χ1v) is 16.5. The Morgan fingerprint density at radius 2 is 1.64 bits per heavy atom. The molecule has 2 atom stereocenters. The molecule has 1 aliphatic heterocycles. The molecule has 19 nitrogen and oxygen atoms in total. The Bertz CT molecular complexity index is 1710. The number of ether oxygens (including phenoxy) is 2. The summed E-state index contributed by atoms with van der Waals surface area (Å²) in [6.45, 7) is 3.53. The molecule has 1 aliphatic rings. The summed E-state index contributed by atoms with van der Waals surface area (Å²) in [7, 11) is 0. The van der Waals surface area contributed by atoms with E-state index in [0.29, 0.717) is 11.3 Å². The molecule has 0 bridgehead atoms. The van der Waals surface area contributed by atoms with E-state index in [4.69, 9.17) is 20.3 Å². The summed E-state index contributed by atoms with van der Waals surface area (Å²) in [6.07, 6.45) is 1.01. The number of imide groups is 1. The lowest BCUT2D eigenvalue weighted by Crippen LogP contribution is -2.54. The van der Waals surface area contributed by atoms with Crippen molar-refractivity contribution < 1.29 is 53.1 Å². The fourth-order valence-corrected chi connectivity index (χ4v) is 5.07. The molecule has 2 aromatic carbocycles. The number of benzene rings is 2. The minimum absolute atomic E-state index is 0.0190. The number of nitrogens with one attached hydrogen (secondary N) is 4. The van der Waals surface area contributed by atoms with E-state index in [9.17, 15) is 43.7 Å². The number of primary amides is 1. The smallest absolute Gasteiger partial charge is 0.449 e. The normalized spacial score (nSPS) is 13.3. The molecule has 0 radical (unpaired) electrons. The van der Waals surface area contributed by atoms with E-state index < -0.39 is 58.7 Å². The zero-order valence-corrected chi connectivity index (χ0v) is 29.0. The van der Waals surface area contributed by atoms with Crippen LogP contribution in [-0.2, 0) is 35.1 Å². The molecular formula is C34H41N7O12. The van der Waals surface area contributed by atoms with Crippen molar-refractivity contribution in [3.63, 3.8) is 0 Å². The van der Waals surface area contributed by atoms with E-state index in [1.807, 2.05) is 0 Å². The molecule has 19 heteroatoms. The molecule has 1 heterocycles. The van der Waals surface area contributed by atoms with Gasteiger partial charge in [-0.05, 0) is 42.5 Å². The average Bonchev–Trinajstić information content (AvgIpc) is 3.41. The molecule has 0 spiro atoms. The topological polar surface area (TPSA) is 279 Å². The zero-order valence-electron chi connectivity index (χ0n) is 29.0. The molecule has 0 saturated carbocycles. The fraction of sp³-hybridized carbons (Fsp3) is 0.382. The Balaban J connectivity index is 1.62. The van der Waals surface area contributed by atoms with Crippen LogP contribution in [0.5, 0.6) is 5.75 Å². The van der Waals surface area contributed by atoms with Gasteiger partial charge in [0.25, 0.3) is 17.5 Å². The standard InChI is InChI=1S/C34H41N7O12/c1-20(2)30(39-27(42)13-16-52-17-15-40-28(43)11-12-29(40)44)32(46)38-25(4-3-14-36-33(35)47)31(45)37-23-7-5-21(6-8-23)18-22-19-24(41(50)51)9-10-26(22)53-34(48)49/h5-12,19-20,25,30H,3-4,13-18H2,1-2H3,(H,37,45)(H,38,46)(H,39,42)(H,48,49)(H3,35,36,47)/t25-,30-/m0/s1. The van der Waals surface area contributed by atoms with E-state index >= 15 is 0 Å². The number of carboxylic acid groups (broad SMARTS) is 1. The van der Waals surface area contributed by atoms with E-state index in [-0.39, 0.29) is 74.9 Å². The lowest BCUT2D eigenvalue weighted by molar-refractivity contribution is -0.384. The molecule has 284 valence electrons. The van der Waals surface area contributed by atoms with E-state index in [1.54, 1.807) is 38.1 Å². The number of nitrogens with two attached hydrogens (primary N) is 1. The number of carbonyl (C=O) groups is 7. The molecular weight excluding hydrogens is 698 g/mol. The van der Waals surface area contributed by atoms with Crippen molar-refractivity contribution in [3.8, 4) is 5.75 Å². The van der Waals surface area contributed by atoms with Crippen molar-refractivity contribution in [2.75, 3.05) is 31.6 Å². The molecule has 7 N–H and O–H groups in total. The third kappa shape index (κ3) is 13.4. The van der Waals surface area contributed by atoms with Gasteiger partial charge >= 0.3 is 12.2 Å². The van der Waals surface area contributed by atoms with Gasteiger partial charge in [-0.1, -0.05) is 26.0 Å². The van der Waals surface area contributed by atoms with Crippen LogP contribution in [0, 0.1) is 16.0 Å². The number of rotatable bonds is 20. The maximum atomic E-state index is 13.4. The van der Waals surface area contributed by atoms with Crippen LogP contribution in [0.1, 0.15) is 44.2 Å². The minimum atomic E-state index is -1.58. The third-order valence-electron chi connectivity index (χ3n) is 7.77. The van der Waals surface area contributed by atoms with Gasteiger partial charge in [-0.3, -0.25) is 39.0 Å². The van der Waals surface area contributed by atoms with Crippen LogP contribution in [0.15, 0.2) is 54.6 Å². The highest BCUT2D eigenvalue weighted by atomic mass is 16.7. The highest BCUT2D eigenvalue weighted by Gasteiger charge is 2.29. The van der Waals surface area contributed by atoms with E-state index in [0.717, 1.165) is 23.1 Å². The van der Waals surface area contributed by atoms with E-state index in [2.05, 4.69) is 21.3 Å². The summed E-state index contributed by atoms with van der Waals surface area (Å²) < 4.78 is 10.1. The number of nitro benzene ring substituents is 1. The van der Waals surface area contributed by atoms with Crippen LogP contribution >= 0.6 is 0 Å². The predicted octanol–water partition coefficient (Wildman–Crippen LogP) is 1.59. The average molecular weight is 740 g/mol. The quantitative estimate of drug-likeness (QED) is 0.0282. The van der Waals surface area contributed by atoms with Crippen LogP contribution in [0.2, 0.25) is 0 Å². The first kappa shape index (κ1) is 41.1. The number of hydrogen-bond donors (Lipinski definition) is 6. The van der Waals surface area contributed by atoms with Gasteiger partial charge in [0.1, 0.15) is 17.8 Å². The molecule has 0 unspecified atom stereocenters. The molecule has 0 saturated heterocycles. The monoisotopic (exact) mass is 739 g/mol. The predicted molar refractivity (Wildman–Crippen MR) is 186 cm³/mol. The first-order valence-electron chi connectivity index (χ1n) is 16.5. The lowest BCUT2D eigenvalue weighted by Gasteiger charge is -2.25. The highest BCUT2D eigenvalue weighted by Crippen LogP contribution is 2.27. The van der Waals surface area contributed by atoms with Crippen molar-refractivity contribution in [3.05, 3.63) is 75.9 Å². The van der Waals surface area contributed by atoms with Crippen molar-refractivity contribution in [2.45, 2.75) is 51.6 Å². The van der Waals surface area contributed by atoms with E-state index in [1.165, 1.54) is 12.1 Å². The zero-order chi connectivity index (χ0) is 39.1. The second-order valence-electron chi connectivity index (χ2n) is 12.1. The number of nitrogens with zero attached hydrogens (tertiary/aromatic N) is 2. The van der Waals surface area contributed by atoms with Crippen molar-refractivity contribution >= 4 is 53.1 Å². The molecule has 2 aromatic rings. The van der Waals surface area contributed by atoms with Crippen LogP contribution in [0.4, 0.5) is 21.0 Å². The number of urea groups is 1. The molecule has 0 aromatic heterocycles.